The van der Waals surface area contributed by atoms with Gasteiger partial charge in [0.15, 0.2) is 0 Å². The van der Waals surface area contributed by atoms with E-state index in [1.165, 1.54) is 0 Å². The predicted molar refractivity (Wildman–Crippen MR) is 109 cm³/mol. The molecule has 0 aliphatic carbocycles. The first-order valence-corrected chi connectivity index (χ1v) is 9.28. The number of rotatable bonds is 7. The zero-order valence-electron chi connectivity index (χ0n) is 16.8. The first-order valence-electron chi connectivity index (χ1n) is 8.90. The Bertz CT molecular complexity index is 838. The standard InChI is InChI=1S/C21H26ClN3O2/c1-7-17(12-26-6)25(5)19-10-15(4)24-21(18(19)11-23)27-20-13(2)8-16(22)9-14(20)3/h8-10,17H,7,12H2,1-6H3. The molecule has 0 aliphatic heterocycles. The van der Waals surface area contributed by atoms with E-state index in [4.69, 9.17) is 21.1 Å². The molecule has 5 nitrogen and oxygen atoms in total. The summed E-state index contributed by atoms with van der Waals surface area (Å²) >= 11 is 6.11. The van der Waals surface area contributed by atoms with Crippen LogP contribution in [0.25, 0.3) is 0 Å². The molecule has 1 atom stereocenters. The second kappa shape index (κ2) is 9.07. The van der Waals surface area contributed by atoms with Crippen LogP contribution in [-0.2, 0) is 4.74 Å². The van der Waals surface area contributed by atoms with Crippen LogP contribution in [0, 0.1) is 32.1 Å². The summed E-state index contributed by atoms with van der Waals surface area (Å²) in [5.74, 6) is 0.978. The van der Waals surface area contributed by atoms with Gasteiger partial charge in [0.1, 0.15) is 17.4 Å². The van der Waals surface area contributed by atoms with Crippen molar-refractivity contribution in [2.75, 3.05) is 25.7 Å². The molecule has 144 valence electrons. The van der Waals surface area contributed by atoms with E-state index in [2.05, 4.69) is 22.9 Å². The lowest BCUT2D eigenvalue weighted by molar-refractivity contribution is 0.176. The Morgan fingerprint density at radius 2 is 1.85 bits per heavy atom. The Morgan fingerprint density at radius 1 is 1.22 bits per heavy atom. The van der Waals surface area contributed by atoms with Crippen molar-refractivity contribution < 1.29 is 9.47 Å². The summed E-state index contributed by atoms with van der Waals surface area (Å²) in [7, 11) is 3.64. The number of halogens is 1. The third-order valence-corrected chi connectivity index (χ3v) is 4.81. The van der Waals surface area contributed by atoms with Crippen molar-refractivity contribution in [3.8, 4) is 17.7 Å². The Balaban J connectivity index is 2.53. The van der Waals surface area contributed by atoms with Gasteiger partial charge in [-0.2, -0.15) is 5.26 Å². The highest BCUT2D eigenvalue weighted by molar-refractivity contribution is 6.30. The molecule has 0 amide bonds. The summed E-state index contributed by atoms with van der Waals surface area (Å²) in [4.78, 5) is 6.54. The molecule has 6 heteroatoms. The van der Waals surface area contributed by atoms with Crippen LogP contribution in [0.15, 0.2) is 18.2 Å². The number of aromatic nitrogens is 1. The lowest BCUT2D eigenvalue weighted by Gasteiger charge is -2.30. The fourth-order valence-electron chi connectivity index (χ4n) is 3.13. The third kappa shape index (κ3) is 4.71. The monoisotopic (exact) mass is 387 g/mol. The Labute approximate surface area is 166 Å². The molecule has 0 fully saturated rings. The minimum absolute atomic E-state index is 0.149. The van der Waals surface area contributed by atoms with Gasteiger partial charge >= 0.3 is 0 Å². The molecule has 0 spiro atoms. The number of likely N-dealkylation sites (N-methyl/N-ethyl adjacent to an activating group) is 1. The summed E-state index contributed by atoms with van der Waals surface area (Å²) in [6.07, 6.45) is 0.891. The van der Waals surface area contributed by atoms with Crippen LogP contribution in [0.4, 0.5) is 5.69 Å². The van der Waals surface area contributed by atoms with Crippen molar-refractivity contribution in [2.45, 2.75) is 40.2 Å². The van der Waals surface area contributed by atoms with Crippen molar-refractivity contribution in [2.24, 2.45) is 0 Å². The molecular weight excluding hydrogens is 362 g/mol. The van der Waals surface area contributed by atoms with Crippen LogP contribution in [0.3, 0.4) is 0 Å². The number of nitrogens with zero attached hydrogens (tertiary/aromatic N) is 3. The second-order valence-corrected chi connectivity index (χ2v) is 7.11. The molecule has 0 N–H and O–H groups in total. The number of hydrogen-bond donors (Lipinski definition) is 0. The summed E-state index contributed by atoms with van der Waals surface area (Å²) in [5.41, 5.74) is 3.77. The number of anilines is 1. The third-order valence-electron chi connectivity index (χ3n) is 4.59. The minimum Gasteiger partial charge on any atom is -0.437 e. The number of ether oxygens (including phenoxy) is 2. The van der Waals surface area contributed by atoms with Gasteiger partial charge < -0.3 is 14.4 Å². The smallest absolute Gasteiger partial charge is 0.239 e. The van der Waals surface area contributed by atoms with E-state index < -0.39 is 0 Å². The summed E-state index contributed by atoms with van der Waals surface area (Å²) in [6.45, 7) is 8.41. The van der Waals surface area contributed by atoms with E-state index in [1.807, 2.05) is 46.0 Å². The van der Waals surface area contributed by atoms with Gasteiger partial charge in [-0.3, -0.25) is 0 Å². The van der Waals surface area contributed by atoms with Crippen LogP contribution in [-0.4, -0.2) is 31.8 Å². The molecule has 27 heavy (non-hydrogen) atoms. The lowest BCUT2D eigenvalue weighted by atomic mass is 10.1. The first-order chi connectivity index (χ1) is 12.8. The normalized spacial score (nSPS) is 11.8. The van der Waals surface area contributed by atoms with Crippen LogP contribution >= 0.6 is 11.6 Å². The molecule has 1 unspecified atom stereocenters. The highest BCUT2D eigenvalue weighted by Gasteiger charge is 2.22. The van der Waals surface area contributed by atoms with Gasteiger partial charge in [0, 0.05) is 24.9 Å². The fraction of sp³-hybridized carbons (Fsp3) is 0.429. The highest BCUT2D eigenvalue weighted by atomic mass is 35.5. The van der Waals surface area contributed by atoms with Crippen LogP contribution in [0.2, 0.25) is 5.02 Å². The lowest BCUT2D eigenvalue weighted by Crippen LogP contribution is -2.35. The average molecular weight is 388 g/mol. The van der Waals surface area contributed by atoms with E-state index in [-0.39, 0.29) is 6.04 Å². The molecule has 1 heterocycles. The van der Waals surface area contributed by atoms with E-state index in [1.54, 1.807) is 7.11 Å². The zero-order chi connectivity index (χ0) is 20.1. The molecular formula is C21H26ClN3O2. The molecule has 1 aromatic carbocycles. The molecule has 0 bridgehead atoms. The summed E-state index contributed by atoms with van der Waals surface area (Å²) < 4.78 is 11.4. The van der Waals surface area contributed by atoms with Crippen LogP contribution in [0.1, 0.15) is 35.7 Å². The number of hydrogen-bond acceptors (Lipinski definition) is 5. The molecule has 2 aromatic rings. The van der Waals surface area contributed by atoms with Crippen molar-refractivity contribution in [1.82, 2.24) is 4.98 Å². The highest BCUT2D eigenvalue weighted by Crippen LogP contribution is 2.35. The van der Waals surface area contributed by atoms with Gasteiger partial charge in [-0.15, -0.1) is 0 Å². The maximum atomic E-state index is 9.84. The van der Waals surface area contributed by atoms with Crippen molar-refractivity contribution in [1.29, 1.82) is 5.26 Å². The molecule has 0 saturated carbocycles. The summed E-state index contributed by atoms with van der Waals surface area (Å²) in [5, 5.41) is 10.5. The SMILES string of the molecule is CCC(COC)N(C)c1cc(C)nc(Oc2c(C)cc(Cl)cc2C)c1C#N. The van der Waals surface area contributed by atoms with Crippen LogP contribution in [0.5, 0.6) is 11.6 Å². The first kappa shape index (κ1) is 21.0. The van der Waals surface area contributed by atoms with Gasteiger partial charge in [-0.1, -0.05) is 18.5 Å². The van der Waals surface area contributed by atoms with Crippen molar-refractivity contribution in [3.05, 3.63) is 45.6 Å². The molecule has 2 rings (SSSR count). The van der Waals surface area contributed by atoms with Gasteiger partial charge in [0.05, 0.1) is 18.3 Å². The quantitative estimate of drug-likeness (QED) is 0.654. The fourth-order valence-corrected chi connectivity index (χ4v) is 3.46. The second-order valence-electron chi connectivity index (χ2n) is 6.67. The van der Waals surface area contributed by atoms with E-state index >= 15 is 0 Å². The predicted octanol–water partition coefficient (Wildman–Crippen LogP) is 5.19. The topological polar surface area (TPSA) is 58.4 Å². The van der Waals surface area contributed by atoms with Crippen LogP contribution < -0.4 is 9.64 Å². The Kier molecular flexibility index (Phi) is 7.06. The molecule has 1 aromatic heterocycles. The number of methoxy groups -OCH3 is 1. The number of pyridine rings is 1. The maximum absolute atomic E-state index is 9.84. The Hall–Kier alpha value is -2.29. The van der Waals surface area contributed by atoms with E-state index in [0.29, 0.717) is 28.8 Å². The zero-order valence-corrected chi connectivity index (χ0v) is 17.5. The van der Waals surface area contributed by atoms with Crippen molar-refractivity contribution in [3.63, 3.8) is 0 Å². The number of nitriles is 1. The largest absolute Gasteiger partial charge is 0.437 e. The summed E-state index contributed by atoms with van der Waals surface area (Å²) in [6, 6.07) is 8.00. The van der Waals surface area contributed by atoms with Gasteiger partial charge in [0.25, 0.3) is 0 Å². The minimum atomic E-state index is 0.149. The van der Waals surface area contributed by atoms with Gasteiger partial charge in [-0.05, 0) is 56.5 Å². The van der Waals surface area contributed by atoms with Gasteiger partial charge in [-0.25, -0.2) is 4.98 Å². The van der Waals surface area contributed by atoms with E-state index in [9.17, 15) is 5.26 Å². The molecule has 0 aliphatic rings. The Morgan fingerprint density at radius 3 is 2.37 bits per heavy atom. The number of benzene rings is 1. The number of aryl methyl sites for hydroxylation is 3. The van der Waals surface area contributed by atoms with Gasteiger partial charge in [0.2, 0.25) is 5.88 Å². The molecule has 0 radical (unpaired) electrons. The molecule has 0 saturated heterocycles. The maximum Gasteiger partial charge on any atom is 0.239 e. The average Bonchev–Trinajstić information content (AvgIpc) is 2.61. The van der Waals surface area contributed by atoms with Crippen molar-refractivity contribution >= 4 is 17.3 Å². The van der Waals surface area contributed by atoms with E-state index in [0.717, 1.165) is 28.9 Å².